The summed E-state index contributed by atoms with van der Waals surface area (Å²) in [7, 11) is 1.58. The second-order valence-electron chi connectivity index (χ2n) is 2.55. The number of carboxylic acid groups (broad SMARTS) is 1. The molecule has 1 rings (SSSR count). The third-order valence-corrected chi connectivity index (χ3v) is 1.96. The fourth-order valence-corrected chi connectivity index (χ4v) is 1.00. The Morgan fingerprint density at radius 1 is 1.71 bits per heavy atom. The highest BCUT2D eigenvalue weighted by atomic mass is 35.5. The molecule has 0 unspecified atom stereocenters. The molecule has 0 saturated heterocycles. The van der Waals surface area contributed by atoms with Gasteiger partial charge in [0.15, 0.2) is 0 Å². The Kier molecular flexibility index (Phi) is 3.08. The lowest BCUT2D eigenvalue weighted by Crippen LogP contribution is -2.29. The van der Waals surface area contributed by atoms with Crippen molar-refractivity contribution in [3.8, 4) is 0 Å². The van der Waals surface area contributed by atoms with Gasteiger partial charge in [0.2, 0.25) is 0 Å². The van der Waals surface area contributed by atoms with Crippen LogP contribution in [0, 0.1) is 0 Å². The van der Waals surface area contributed by atoms with E-state index in [1.54, 1.807) is 7.05 Å². The van der Waals surface area contributed by atoms with Gasteiger partial charge in [0.25, 0.3) is 5.91 Å². The number of aromatic nitrogens is 2. The molecule has 2 N–H and O–H groups in total. The molecule has 0 fully saturated rings. The minimum atomic E-state index is -1.11. The lowest BCUT2D eigenvalue weighted by atomic mass is 10.3. The normalized spacial score (nSPS) is 9.86. The van der Waals surface area contributed by atoms with Gasteiger partial charge in [-0.2, -0.15) is 5.10 Å². The average molecular weight is 218 g/mol. The second-order valence-corrected chi connectivity index (χ2v) is 2.91. The van der Waals surface area contributed by atoms with Crippen LogP contribution in [-0.2, 0) is 11.8 Å². The van der Waals surface area contributed by atoms with Crippen LogP contribution >= 0.6 is 11.6 Å². The zero-order valence-electron chi connectivity index (χ0n) is 7.32. The van der Waals surface area contributed by atoms with Gasteiger partial charge in [0.05, 0.1) is 11.8 Å². The number of carbonyl (C=O) groups is 2. The first-order chi connectivity index (χ1) is 6.52. The van der Waals surface area contributed by atoms with E-state index in [0.29, 0.717) is 0 Å². The van der Waals surface area contributed by atoms with Crippen LogP contribution in [0.25, 0.3) is 0 Å². The van der Waals surface area contributed by atoms with Crippen molar-refractivity contribution < 1.29 is 14.7 Å². The van der Waals surface area contributed by atoms with E-state index in [0.717, 1.165) is 0 Å². The van der Waals surface area contributed by atoms with Gasteiger partial charge in [0.1, 0.15) is 11.7 Å². The first-order valence-corrected chi connectivity index (χ1v) is 4.07. The minimum absolute atomic E-state index is 0.162. The lowest BCUT2D eigenvalue weighted by Gasteiger charge is -1.99. The number of rotatable bonds is 3. The molecule has 1 heterocycles. The van der Waals surface area contributed by atoms with Crippen molar-refractivity contribution in [1.82, 2.24) is 15.1 Å². The van der Waals surface area contributed by atoms with E-state index >= 15 is 0 Å². The summed E-state index contributed by atoms with van der Waals surface area (Å²) in [6.45, 7) is -0.440. The zero-order valence-corrected chi connectivity index (χ0v) is 8.08. The van der Waals surface area contributed by atoms with Gasteiger partial charge in [0, 0.05) is 7.05 Å². The van der Waals surface area contributed by atoms with E-state index < -0.39 is 18.4 Å². The van der Waals surface area contributed by atoms with Crippen molar-refractivity contribution in [1.29, 1.82) is 0 Å². The molecule has 0 aromatic carbocycles. The van der Waals surface area contributed by atoms with Crippen LogP contribution in [-0.4, -0.2) is 33.3 Å². The van der Waals surface area contributed by atoms with Gasteiger partial charge in [-0.3, -0.25) is 14.3 Å². The maximum Gasteiger partial charge on any atom is 0.322 e. The molecule has 0 aliphatic heterocycles. The molecule has 1 aromatic rings. The number of hydrogen-bond acceptors (Lipinski definition) is 3. The monoisotopic (exact) mass is 217 g/mol. The topological polar surface area (TPSA) is 84.2 Å². The molecule has 14 heavy (non-hydrogen) atoms. The molecule has 0 atom stereocenters. The van der Waals surface area contributed by atoms with Crippen LogP contribution in [0.5, 0.6) is 0 Å². The van der Waals surface area contributed by atoms with E-state index in [1.165, 1.54) is 10.9 Å². The smallest absolute Gasteiger partial charge is 0.322 e. The van der Waals surface area contributed by atoms with Crippen molar-refractivity contribution in [2.45, 2.75) is 0 Å². The number of carbonyl (C=O) groups excluding carboxylic acids is 1. The number of aliphatic carboxylic acids is 1. The van der Waals surface area contributed by atoms with Crippen molar-refractivity contribution in [2.24, 2.45) is 7.05 Å². The maximum absolute atomic E-state index is 11.3. The predicted molar refractivity (Wildman–Crippen MR) is 48.2 cm³/mol. The number of halogens is 1. The third-order valence-electron chi connectivity index (χ3n) is 1.51. The number of amides is 1. The highest BCUT2D eigenvalue weighted by Crippen LogP contribution is 2.13. The predicted octanol–water partition coefficient (Wildman–Crippen LogP) is -0.112. The molecule has 0 bridgehead atoms. The van der Waals surface area contributed by atoms with Gasteiger partial charge in [-0.1, -0.05) is 11.6 Å². The van der Waals surface area contributed by atoms with Gasteiger partial charge in [-0.05, 0) is 0 Å². The van der Waals surface area contributed by atoms with Crippen LogP contribution in [0.3, 0.4) is 0 Å². The number of aryl methyl sites for hydroxylation is 1. The number of nitrogens with zero attached hydrogens (tertiary/aromatic N) is 2. The molecule has 1 aromatic heterocycles. The highest BCUT2D eigenvalue weighted by molar-refractivity contribution is 6.32. The molecule has 7 heteroatoms. The number of carboxylic acids is 1. The van der Waals surface area contributed by atoms with Crippen LogP contribution in [0.15, 0.2) is 6.20 Å². The van der Waals surface area contributed by atoms with Crippen LogP contribution in [0.4, 0.5) is 0 Å². The lowest BCUT2D eigenvalue weighted by molar-refractivity contribution is -0.135. The Hall–Kier alpha value is -1.56. The van der Waals surface area contributed by atoms with Crippen LogP contribution in [0.1, 0.15) is 10.4 Å². The Morgan fingerprint density at radius 3 is 2.79 bits per heavy atom. The first kappa shape index (κ1) is 10.5. The molecule has 0 aliphatic rings. The fraction of sp³-hybridized carbons (Fsp3) is 0.286. The standard InChI is InChI=1S/C7H8ClN3O3/c1-11-6(8)4(2-10-11)7(14)9-3-5(12)13/h2H,3H2,1H3,(H,9,14)(H,12,13). The van der Waals surface area contributed by atoms with Gasteiger partial charge in [-0.25, -0.2) is 0 Å². The van der Waals surface area contributed by atoms with E-state index in [-0.39, 0.29) is 10.7 Å². The third kappa shape index (κ3) is 2.23. The van der Waals surface area contributed by atoms with E-state index in [1.807, 2.05) is 0 Å². The van der Waals surface area contributed by atoms with Gasteiger partial charge < -0.3 is 10.4 Å². The van der Waals surface area contributed by atoms with E-state index in [2.05, 4.69) is 10.4 Å². The second kappa shape index (κ2) is 4.10. The van der Waals surface area contributed by atoms with Crippen molar-refractivity contribution in [3.63, 3.8) is 0 Å². The Labute approximate surface area is 84.5 Å². The maximum atomic E-state index is 11.3. The largest absolute Gasteiger partial charge is 0.480 e. The minimum Gasteiger partial charge on any atom is -0.480 e. The summed E-state index contributed by atoms with van der Waals surface area (Å²) < 4.78 is 1.32. The molecule has 0 aliphatic carbocycles. The Balaban J connectivity index is 2.70. The Bertz CT molecular complexity index is 374. The summed E-state index contributed by atoms with van der Waals surface area (Å²) in [5.41, 5.74) is 0.162. The number of hydrogen-bond donors (Lipinski definition) is 2. The molecule has 1 amide bonds. The van der Waals surface area contributed by atoms with E-state index in [4.69, 9.17) is 16.7 Å². The summed E-state index contributed by atoms with van der Waals surface area (Å²) in [6.07, 6.45) is 1.28. The summed E-state index contributed by atoms with van der Waals surface area (Å²) in [5.74, 6) is -1.66. The molecule has 76 valence electrons. The molecule has 0 saturated carbocycles. The highest BCUT2D eigenvalue weighted by Gasteiger charge is 2.14. The van der Waals surface area contributed by atoms with Crippen LogP contribution < -0.4 is 5.32 Å². The van der Waals surface area contributed by atoms with Gasteiger partial charge >= 0.3 is 5.97 Å². The SMILES string of the molecule is Cn1ncc(C(=O)NCC(=O)O)c1Cl. The van der Waals surface area contributed by atoms with Crippen LogP contribution in [0.2, 0.25) is 5.15 Å². The van der Waals surface area contributed by atoms with Crippen molar-refractivity contribution in [2.75, 3.05) is 6.54 Å². The molecular weight excluding hydrogens is 210 g/mol. The molecule has 0 spiro atoms. The molecule has 6 nitrogen and oxygen atoms in total. The quantitative estimate of drug-likeness (QED) is 0.740. The van der Waals surface area contributed by atoms with Crippen molar-refractivity contribution >= 4 is 23.5 Å². The Morgan fingerprint density at radius 2 is 2.36 bits per heavy atom. The summed E-state index contributed by atoms with van der Waals surface area (Å²) in [5, 5.41) is 14.4. The fourth-order valence-electron chi connectivity index (χ4n) is 0.826. The van der Waals surface area contributed by atoms with E-state index in [9.17, 15) is 9.59 Å². The first-order valence-electron chi connectivity index (χ1n) is 3.70. The van der Waals surface area contributed by atoms with Crippen molar-refractivity contribution in [3.05, 3.63) is 16.9 Å². The summed E-state index contributed by atoms with van der Waals surface area (Å²) in [6, 6.07) is 0. The van der Waals surface area contributed by atoms with Gasteiger partial charge in [-0.15, -0.1) is 0 Å². The number of nitrogens with one attached hydrogen (secondary N) is 1. The molecule has 0 radical (unpaired) electrons. The summed E-state index contributed by atoms with van der Waals surface area (Å²) >= 11 is 5.71. The molecular formula is C7H8ClN3O3. The summed E-state index contributed by atoms with van der Waals surface area (Å²) in [4.78, 5) is 21.4. The average Bonchev–Trinajstić information content (AvgIpc) is 2.44. The zero-order chi connectivity index (χ0) is 10.7.